The van der Waals surface area contributed by atoms with E-state index in [1.807, 2.05) is 29.6 Å². The number of halogens is 1. The van der Waals surface area contributed by atoms with Crippen LogP contribution in [-0.4, -0.2) is 22.9 Å². The summed E-state index contributed by atoms with van der Waals surface area (Å²) in [7, 11) is 1.58. The second-order valence-electron chi connectivity index (χ2n) is 5.84. The summed E-state index contributed by atoms with van der Waals surface area (Å²) in [6.07, 6.45) is 1.35. The van der Waals surface area contributed by atoms with Crippen molar-refractivity contribution in [3.8, 4) is 5.75 Å². The molecule has 3 heterocycles. The molecule has 0 saturated carbocycles. The number of anilines is 1. The lowest BCUT2D eigenvalue weighted by Crippen LogP contribution is -2.31. The molecule has 1 aliphatic heterocycles. The third kappa shape index (κ3) is 3.02. The smallest absolute Gasteiger partial charge is 0.258 e. The maximum atomic E-state index is 12.9. The lowest BCUT2D eigenvalue weighted by Gasteiger charge is -2.26. The Bertz CT molecular complexity index is 946. The van der Waals surface area contributed by atoms with Gasteiger partial charge in [0, 0.05) is 16.8 Å². The number of hydrogen-bond donors (Lipinski definition) is 1. The summed E-state index contributed by atoms with van der Waals surface area (Å²) in [5.74, 6) is 0.576. The van der Waals surface area contributed by atoms with Crippen molar-refractivity contribution in [3.63, 3.8) is 0 Å². The second-order valence-corrected chi connectivity index (χ2v) is 7.28. The number of benzene rings is 1. The average molecular weight is 386 g/mol. The van der Waals surface area contributed by atoms with E-state index in [4.69, 9.17) is 16.3 Å². The first kappa shape index (κ1) is 16.9. The highest BCUT2D eigenvalue weighted by Gasteiger charge is 2.38. The number of methoxy groups -OCH3 is 1. The first-order valence-electron chi connectivity index (χ1n) is 8.05. The standard InChI is InChI=1S/C19H16ClN3O2S/c1-25-16-7-6-12(10-15(16)20)22-18-17-14(5-2-8-21-17)19(24)23(18)11-13-4-3-9-26-13/h2-10,18,22H,11H2,1H3/t18-/m0/s1. The first-order valence-corrected chi connectivity index (χ1v) is 9.31. The van der Waals surface area contributed by atoms with Gasteiger partial charge in [0.05, 0.1) is 29.9 Å². The number of pyridine rings is 1. The summed E-state index contributed by atoms with van der Waals surface area (Å²) in [4.78, 5) is 20.2. The number of carbonyl (C=O) groups excluding carboxylic acids is 1. The molecule has 0 unspecified atom stereocenters. The molecule has 2 aromatic heterocycles. The van der Waals surface area contributed by atoms with Gasteiger partial charge >= 0.3 is 0 Å². The molecular formula is C19H16ClN3O2S. The fraction of sp³-hybridized carbons (Fsp3) is 0.158. The summed E-state index contributed by atoms with van der Waals surface area (Å²) in [5, 5.41) is 5.90. The van der Waals surface area contributed by atoms with Gasteiger partial charge in [-0.2, -0.15) is 0 Å². The number of nitrogens with one attached hydrogen (secondary N) is 1. The maximum absolute atomic E-state index is 12.9. The van der Waals surface area contributed by atoms with Gasteiger partial charge in [0.25, 0.3) is 5.91 Å². The molecule has 0 fully saturated rings. The molecule has 5 nitrogen and oxygen atoms in total. The van der Waals surface area contributed by atoms with Gasteiger partial charge in [-0.3, -0.25) is 9.78 Å². The minimum Gasteiger partial charge on any atom is -0.495 e. The molecule has 26 heavy (non-hydrogen) atoms. The summed E-state index contributed by atoms with van der Waals surface area (Å²) >= 11 is 7.86. The fourth-order valence-corrected chi connectivity index (χ4v) is 3.99. The van der Waals surface area contributed by atoms with Crippen LogP contribution in [0, 0.1) is 0 Å². The molecule has 0 saturated heterocycles. The van der Waals surface area contributed by atoms with Gasteiger partial charge in [-0.1, -0.05) is 17.7 Å². The van der Waals surface area contributed by atoms with Gasteiger partial charge in [-0.15, -0.1) is 11.3 Å². The Balaban J connectivity index is 1.68. The fourth-order valence-electron chi connectivity index (χ4n) is 3.03. The Labute approximate surface area is 160 Å². The van der Waals surface area contributed by atoms with E-state index in [1.54, 1.807) is 47.7 Å². The van der Waals surface area contributed by atoms with Crippen LogP contribution in [0.1, 0.15) is 27.1 Å². The molecule has 0 bridgehead atoms. The predicted molar refractivity (Wildman–Crippen MR) is 103 cm³/mol. The SMILES string of the molecule is COc1ccc(N[C@@H]2c3ncccc3C(=O)N2Cc2cccs2)cc1Cl. The number of thiophene rings is 1. The van der Waals surface area contributed by atoms with E-state index in [9.17, 15) is 4.79 Å². The number of nitrogens with zero attached hydrogens (tertiary/aromatic N) is 2. The molecule has 3 aromatic rings. The van der Waals surface area contributed by atoms with Gasteiger partial charge in [-0.05, 0) is 41.8 Å². The zero-order valence-corrected chi connectivity index (χ0v) is 15.6. The second kappa shape index (κ2) is 6.97. The van der Waals surface area contributed by atoms with Crippen LogP contribution in [0.3, 0.4) is 0 Å². The van der Waals surface area contributed by atoms with Crippen LogP contribution in [0.15, 0.2) is 54.0 Å². The van der Waals surface area contributed by atoms with Gasteiger partial charge in [0.15, 0.2) is 0 Å². The first-order chi connectivity index (χ1) is 12.7. The summed E-state index contributed by atoms with van der Waals surface area (Å²) in [6.45, 7) is 0.522. The molecule has 0 spiro atoms. The minimum absolute atomic E-state index is 0.0291. The van der Waals surface area contributed by atoms with Crippen molar-refractivity contribution in [2.24, 2.45) is 0 Å². The van der Waals surface area contributed by atoms with Gasteiger partial charge in [0.2, 0.25) is 0 Å². The number of fused-ring (bicyclic) bond motifs is 1. The third-order valence-electron chi connectivity index (χ3n) is 4.26. The summed E-state index contributed by atoms with van der Waals surface area (Å²) < 4.78 is 5.20. The zero-order valence-electron chi connectivity index (χ0n) is 14.0. The van der Waals surface area contributed by atoms with Crippen molar-refractivity contribution < 1.29 is 9.53 Å². The minimum atomic E-state index is -0.356. The molecule has 1 atom stereocenters. The highest BCUT2D eigenvalue weighted by molar-refractivity contribution is 7.09. The van der Waals surface area contributed by atoms with E-state index in [1.165, 1.54) is 0 Å². The van der Waals surface area contributed by atoms with Crippen molar-refractivity contribution in [1.82, 2.24) is 9.88 Å². The molecule has 1 N–H and O–H groups in total. The molecule has 0 aliphatic carbocycles. The number of ether oxygens (including phenoxy) is 1. The Morgan fingerprint density at radius 1 is 1.31 bits per heavy atom. The molecule has 132 valence electrons. The Morgan fingerprint density at radius 3 is 2.92 bits per heavy atom. The highest BCUT2D eigenvalue weighted by atomic mass is 35.5. The van der Waals surface area contributed by atoms with E-state index in [2.05, 4.69) is 10.3 Å². The molecule has 1 amide bonds. The number of amides is 1. The van der Waals surface area contributed by atoms with Gasteiger partial charge < -0.3 is 15.0 Å². The molecule has 1 aliphatic rings. The van der Waals surface area contributed by atoms with Crippen LogP contribution in [-0.2, 0) is 6.54 Å². The quantitative estimate of drug-likeness (QED) is 0.698. The van der Waals surface area contributed by atoms with Crippen LogP contribution in [0.5, 0.6) is 5.75 Å². The molecular weight excluding hydrogens is 370 g/mol. The van der Waals surface area contributed by atoms with Crippen LogP contribution >= 0.6 is 22.9 Å². The number of aromatic nitrogens is 1. The molecule has 1 aromatic carbocycles. The van der Waals surface area contributed by atoms with E-state index in [-0.39, 0.29) is 12.1 Å². The lowest BCUT2D eigenvalue weighted by atomic mass is 10.2. The molecule has 7 heteroatoms. The van der Waals surface area contributed by atoms with E-state index in [0.717, 1.165) is 16.3 Å². The van der Waals surface area contributed by atoms with E-state index < -0.39 is 0 Å². The van der Waals surface area contributed by atoms with Gasteiger partial charge in [0.1, 0.15) is 11.9 Å². The van der Waals surface area contributed by atoms with Crippen molar-refractivity contribution >= 4 is 34.5 Å². The van der Waals surface area contributed by atoms with Crippen molar-refractivity contribution in [1.29, 1.82) is 0 Å². The number of rotatable bonds is 5. The topological polar surface area (TPSA) is 54.5 Å². The predicted octanol–water partition coefficient (Wildman–Crippen LogP) is 4.57. The monoisotopic (exact) mass is 385 g/mol. The van der Waals surface area contributed by atoms with E-state index >= 15 is 0 Å². The van der Waals surface area contributed by atoms with Crippen LogP contribution in [0.25, 0.3) is 0 Å². The average Bonchev–Trinajstić information content (AvgIpc) is 3.25. The summed E-state index contributed by atoms with van der Waals surface area (Å²) in [5.41, 5.74) is 2.14. The normalized spacial score (nSPS) is 15.8. The number of hydrogen-bond acceptors (Lipinski definition) is 5. The maximum Gasteiger partial charge on any atom is 0.258 e. The van der Waals surface area contributed by atoms with Gasteiger partial charge in [-0.25, -0.2) is 0 Å². The van der Waals surface area contributed by atoms with Crippen LogP contribution < -0.4 is 10.1 Å². The van der Waals surface area contributed by atoms with E-state index in [0.29, 0.717) is 22.9 Å². The Morgan fingerprint density at radius 2 is 2.19 bits per heavy atom. The molecule has 0 radical (unpaired) electrons. The Kier molecular flexibility index (Phi) is 4.53. The van der Waals surface area contributed by atoms with Crippen molar-refractivity contribution in [3.05, 3.63) is 75.2 Å². The Hall–Kier alpha value is -2.57. The van der Waals surface area contributed by atoms with Crippen LogP contribution in [0.2, 0.25) is 5.02 Å². The zero-order chi connectivity index (χ0) is 18.1. The highest BCUT2D eigenvalue weighted by Crippen LogP contribution is 2.36. The lowest BCUT2D eigenvalue weighted by molar-refractivity contribution is 0.0729. The number of carbonyl (C=O) groups is 1. The van der Waals surface area contributed by atoms with Crippen molar-refractivity contribution in [2.75, 3.05) is 12.4 Å². The third-order valence-corrected chi connectivity index (χ3v) is 5.42. The summed E-state index contributed by atoms with van der Waals surface area (Å²) in [6, 6.07) is 13.1. The van der Waals surface area contributed by atoms with Crippen molar-refractivity contribution in [2.45, 2.75) is 12.7 Å². The largest absolute Gasteiger partial charge is 0.495 e. The molecule has 4 rings (SSSR count). The van der Waals surface area contributed by atoms with Crippen LogP contribution in [0.4, 0.5) is 5.69 Å².